The van der Waals surface area contributed by atoms with Gasteiger partial charge in [-0.25, -0.2) is 4.98 Å². The number of quaternary nitrogens is 1. The highest BCUT2D eigenvalue weighted by Crippen LogP contribution is 2.34. The number of fused-ring (bicyclic) bond motifs is 1. The summed E-state index contributed by atoms with van der Waals surface area (Å²) in [4.78, 5) is 12.6. The van der Waals surface area contributed by atoms with Crippen molar-refractivity contribution < 1.29 is 17.9 Å². The number of nitrogens with one attached hydrogen (secondary N) is 1. The van der Waals surface area contributed by atoms with Crippen LogP contribution in [0.3, 0.4) is 0 Å². The van der Waals surface area contributed by atoms with Crippen LogP contribution in [0.1, 0.15) is 0 Å². The lowest BCUT2D eigenvalue weighted by Gasteiger charge is -2.21. The zero-order valence-corrected chi connectivity index (χ0v) is 13.7. The Bertz CT molecular complexity index is 933. The van der Waals surface area contributed by atoms with Crippen LogP contribution in [0.4, 0.5) is 23.9 Å². The molecule has 1 unspecified atom stereocenters. The first kappa shape index (κ1) is 16.4. The molecule has 1 atom stereocenters. The Labute approximate surface area is 149 Å². The van der Waals surface area contributed by atoms with Gasteiger partial charge in [-0.2, -0.15) is 4.99 Å². The van der Waals surface area contributed by atoms with Gasteiger partial charge in [-0.05, 0) is 29.4 Å². The van der Waals surface area contributed by atoms with Gasteiger partial charge in [-0.1, -0.05) is 15.9 Å². The number of benzene rings is 1. The molecule has 2 aliphatic heterocycles. The molecule has 0 spiro atoms. The smallest absolute Gasteiger partial charge is 0.406 e. The SMILES string of the molecule is FC(F)(F)Oc1ccc(NC2=N[N+]3(c4cncs4)C=CN=CC3=N2)cc1. The number of rotatable bonds is 3. The van der Waals surface area contributed by atoms with Crippen LogP contribution in [0.5, 0.6) is 5.75 Å². The van der Waals surface area contributed by atoms with Gasteiger partial charge in [-0.15, -0.1) is 13.2 Å². The number of nitrogens with zero attached hydrogens (tertiary/aromatic N) is 5. The third-order valence-corrected chi connectivity index (χ3v) is 4.33. The number of thiazole rings is 1. The Morgan fingerprint density at radius 2 is 1.96 bits per heavy atom. The Morgan fingerprint density at radius 1 is 1.15 bits per heavy atom. The van der Waals surface area contributed by atoms with Gasteiger partial charge in [0, 0.05) is 5.69 Å². The van der Waals surface area contributed by atoms with Gasteiger partial charge in [-0.3, -0.25) is 4.99 Å². The van der Waals surface area contributed by atoms with Gasteiger partial charge < -0.3 is 10.1 Å². The third kappa shape index (κ3) is 3.09. The zero-order chi connectivity index (χ0) is 18.2. The van der Waals surface area contributed by atoms with Crippen molar-refractivity contribution in [1.29, 1.82) is 0 Å². The number of amidine groups is 1. The first-order valence-electron chi connectivity index (χ1n) is 7.26. The lowest BCUT2D eigenvalue weighted by molar-refractivity contribution is -0.274. The zero-order valence-electron chi connectivity index (χ0n) is 12.9. The van der Waals surface area contributed by atoms with Crippen molar-refractivity contribution >= 4 is 40.0 Å². The second-order valence-electron chi connectivity index (χ2n) is 5.19. The van der Waals surface area contributed by atoms with Crippen molar-refractivity contribution in [3.63, 3.8) is 0 Å². The summed E-state index contributed by atoms with van der Waals surface area (Å²) in [6.07, 6.45) is 1.95. The molecule has 2 aliphatic rings. The highest BCUT2D eigenvalue weighted by Gasteiger charge is 2.44. The van der Waals surface area contributed by atoms with E-state index in [0.29, 0.717) is 17.5 Å². The van der Waals surface area contributed by atoms with E-state index in [1.807, 2.05) is 0 Å². The fraction of sp³-hybridized carbons (Fsp3) is 0.0667. The molecule has 11 heteroatoms. The molecule has 2 aromatic rings. The molecule has 1 N–H and O–H groups in total. The van der Waals surface area contributed by atoms with Gasteiger partial charge in [0.05, 0.1) is 11.7 Å². The fourth-order valence-electron chi connectivity index (χ4n) is 2.41. The molecule has 0 radical (unpaired) electrons. The first-order chi connectivity index (χ1) is 12.4. The minimum absolute atomic E-state index is 0.00572. The minimum atomic E-state index is -4.73. The van der Waals surface area contributed by atoms with E-state index >= 15 is 0 Å². The highest BCUT2D eigenvalue weighted by molar-refractivity contribution is 7.13. The topological polar surface area (TPSA) is 71.2 Å². The lowest BCUT2D eigenvalue weighted by atomic mass is 10.3. The number of halogens is 3. The first-order valence-corrected chi connectivity index (χ1v) is 8.14. The number of hydrogen-bond acceptors (Lipinski definition) is 7. The van der Waals surface area contributed by atoms with Crippen LogP contribution < -0.4 is 14.6 Å². The van der Waals surface area contributed by atoms with E-state index in [-0.39, 0.29) is 10.3 Å². The lowest BCUT2D eigenvalue weighted by Crippen LogP contribution is -2.43. The summed E-state index contributed by atoms with van der Waals surface area (Å²) in [5.74, 6) is 0.579. The average molecular weight is 379 g/mol. The quantitative estimate of drug-likeness (QED) is 0.827. The van der Waals surface area contributed by atoms with Gasteiger partial charge in [0.15, 0.2) is 6.20 Å². The van der Waals surface area contributed by atoms with Crippen molar-refractivity contribution in [2.24, 2.45) is 15.1 Å². The van der Waals surface area contributed by atoms with E-state index in [1.54, 1.807) is 30.3 Å². The second kappa shape index (κ2) is 6.04. The third-order valence-electron chi connectivity index (χ3n) is 3.48. The Morgan fingerprint density at radius 3 is 2.65 bits per heavy atom. The fourth-order valence-corrected chi connectivity index (χ4v) is 3.12. The van der Waals surface area contributed by atoms with Crippen LogP contribution in [0, 0.1) is 0 Å². The molecule has 1 aromatic heterocycles. The largest absolute Gasteiger partial charge is 0.573 e. The molecular formula is C15H10F3N6OS+. The summed E-state index contributed by atoms with van der Waals surface area (Å²) in [7, 11) is 0. The number of aliphatic imine (C=N–C) groups is 2. The monoisotopic (exact) mass is 379 g/mol. The molecule has 0 aliphatic carbocycles. The summed E-state index contributed by atoms with van der Waals surface area (Å²) in [5, 5.41) is 8.38. The van der Waals surface area contributed by atoms with Crippen LogP contribution in [-0.2, 0) is 0 Å². The van der Waals surface area contributed by atoms with E-state index in [2.05, 4.69) is 30.1 Å². The maximum atomic E-state index is 12.2. The Balaban J connectivity index is 1.58. The van der Waals surface area contributed by atoms with Crippen LogP contribution in [0.25, 0.3) is 0 Å². The van der Waals surface area contributed by atoms with Gasteiger partial charge >= 0.3 is 6.36 Å². The highest BCUT2D eigenvalue weighted by atomic mass is 32.1. The molecule has 7 nitrogen and oxygen atoms in total. The number of aromatic nitrogens is 1. The molecule has 0 fully saturated rings. The van der Waals surface area contributed by atoms with E-state index in [0.717, 1.165) is 5.00 Å². The summed E-state index contributed by atoms with van der Waals surface area (Å²) in [5.41, 5.74) is 2.21. The van der Waals surface area contributed by atoms with Crippen molar-refractivity contribution in [3.8, 4) is 5.75 Å². The maximum Gasteiger partial charge on any atom is 0.573 e. The van der Waals surface area contributed by atoms with E-state index in [1.165, 1.54) is 35.6 Å². The van der Waals surface area contributed by atoms with Gasteiger partial charge in [0.2, 0.25) is 5.00 Å². The van der Waals surface area contributed by atoms with Gasteiger partial charge in [0.1, 0.15) is 18.2 Å². The number of alkyl halides is 3. The molecule has 3 heterocycles. The molecule has 1 aromatic carbocycles. The average Bonchev–Trinajstić information content (AvgIpc) is 3.23. The van der Waals surface area contributed by atoms with Crippen LogP contribution in [0.15, 0.2) is 63.5 Å². The number of guanidine groups is 1. The normalized spacial score (nSPS) is 21.2. The molecule has 132 valence electrons. The van der Waals surface area contributed by atoms with E-state index in [9.17, 15) is 13.2 Å². The van der Waals surface area contributed by atoms with Crippen LogP contribution in [0.2, 0.25) is 0 Å². The summed E-state index contributed by atoms with van der Waals surface area (Å²) in [6.45, 7) is 0. The minimum Gasteiger partial charge on any atom is -0.406 e. The van der Waals surface area contributed by atoms with Crippen LogP contribution >= 0.6 is 11.3 Å². The molecule has 0 saturated carbocycles. The van der Waals surface area contributed by atoms with Crippen molar-refractivity contribution in [3.05, 3.63) is 48.4 Å². The summed E-state index contributed by atoms with van der Waals surface area (Å²) < 4.78 is 40.5. The number of anilines is 1. The van der Waals surface area contributed by atoms with Crippen molar-refractivity contribution in [1.82, 2.24) is 9.58 Å². The summed E-state index contributed by atoms with van der Waals surface area (Å²) in [6, 6.07) is 5.31. The molecular weight excluding hydrogens is 369 g/mol. The van der Waals surface area contributed by atoms with Crippen molar-refractivity contribution in [2.45, 2.75) is 6.36 Å². The molecule has 0 bridgehead atoms. The Hall–Kier alpha value is -3.05. The second-order valence-corrected chi connectivity index (χ2v) is 6.06. The number of hydrogen-bond donors (Lipinski definition) is 1. The summed E-state index contributed by atoms with van der Waals surface area (Å²) >= 11 is 1.42. The predicted molar refractivity (Wildman–Crippen MR) is 93.2 cm³/mol. The maximum absolute atomic E-state index is 12.2. The Kier molecular flexibility index (Phi) is 3.81. The molecule has 0 saturated heterocycles. The molecule has 0 amide bonds. The number of ether oxygens (including phenoxy) is 1. The van der Waals surface area contributed by atoms with Gasteiger partial charge in [0.25, 0.3) is 11.8 Å². The van der Waals surface area contributed by atoms with Crippen molar-refractivity contribution in [2.75, 3.05) is 5.32 Å². The van der Waals surface area contributed by atoms with E-state index in [4.69, 9.17) is 0 Å². The standard InChI is InChI=1S/C15H10F3N6OS/c16-15(17,18)25-11-3-1-10(2-4-11)21-14-22-12-7-19-5-6-24(12,23-14)13-8-20-9-26-13/h1-9H,(H,21,23)/q+1. The molecule has 4 rings (SSSR count). The van der Waals surface area contributed by atoms with E-state index < -0.39 is 6.36 Å². The molecule has 26 heavy (non-hydrogen) atoms. The predicted octanol–water partition coefficient (Wildman–Crippen LogP) is 3.70. The van der Waals surface area contributed by atoms with Crippen LogP contribution in [-0.4, -0.2) is 29.4 Å².